The fourth-order valence-electron chi connectivity index (χ4n) is 4.18. The van der Waals surface area contributed by atoms with Gasteiger partial charge in [-0.3, -0.25) is 9.69 Å². The normalized spacial score (nSPS) is 17.2. The van der Waals surface area contributed by atoms with E-state index in [0.717, 1.165) is 36.0 Å². The van der Waals surface area contributed by atoms with Crippen LogP contribution in [-0.2, 0) is 11.2 Å². The Hall–Kier alpha value is -2.34. The highest BCUT2D eigenvalue weighted by Gasteiger charge is 2.23. The smallest absolute Gasteiger partial charge is 0.339 e. The highest BCUT2D eigenvalue weighted by Crippen LogP contribution is 2.29. The first-order valence-electron chi connectivity index (χ1n) is 10.1. The van der Waals surface area contributed by atoms with Gasteiger partial charge in [-0.25, -0.2) is 4.79 Å². The summed E-state index contributed by atoms with van der Waals surface area (Å²) in [6.45, 7) is 8.74. The third kappa shape index (κ3) is 4.07. The largest absolute Gasteiger partial charge is 0.496 e. The number of nitrogens with one attached hydrogen (secondary N) is 1. The molecule has 1 atom stereocenters. The topological polar surface area (TPSA) is 71.8 Å². The highest BCUT2D eigenvalue weighted by atomic mass is 16.5. The van der Waals surface area contributed by atoms with Crippen molar-refractivity contribution < 1.29 is 13.9 Å². The fraction of sp³-hybridized carbons (Fsp3) is 0.545. The molecule has 1 aliphatic heterocycles. The van der Waals surface area contributed by atoms with E-state index in [1.165, 1.54) is 6.42 Å². The number of likely N-dealkylation sites (N-methyl/N-ethyl adjacent to an activating group) is 1. The SMILES string of the molecule is CCN1CCCC1CNC(=O)CCc1c(C)c2ccc(OC)c(C)c2oc1=O. The molecule has 152 valence electrons. The van der Waals surface area contributed by atoms with Gasteiger partial charge in [0, 0.05) is 35.5 Å². The van der Waals surface area contributed by atoms with Crippen molar-refractivity contribution in [2.24, 2.45) is 0 Å². The van der Waals surface area contributed by atoms with Crippen LogP contribution >= 0.6 is 0 Å². The fourth-order valence-corrected chi connectivity index (χ4v) is 4.18. The van der Waals surface area contributed by atoms with Gasteiger partial charge in [0.2, 0.25) is 5.91 Å². The van der Waals surface area contributed by atoms with Gasteiger partial charge >= 0.3 is 5.63 Å². The van der Waals surface area contributed by atoms with Gasteiger partial charge in [0.25, 0.3) is 0 Å². The van der Waals surface area contributed by atoms with Gasteiger partial charge in [-0.05, 0) is 63.9 Å². The predicted octanol–water partition coefficient (Wildman–Crippen LogP) is 2.95. The predicted molar refractivity (Wildman–Crippen MR) is 110 cm³/mol. The van der Waals surface area contributed by atoms with Crippen molar-refractivity contribution in [2.75, 3.05) is 26.7 Å². The second-order valence-corrected chi connectivity index (χ2v) is 7.49. The number of methoxy groups -OCH3 is 1. The number of hydrogen-bond donors (Lipinski definition) is 1. The zero-order chi connectivity index (χ0) is 20.3. The van der Waals surface area contributed by atoms with Crippen molar-refractivity contribution in [1.82, 2.24) is 10.2 Å². The van der Waals surface area contributed by atoms with Gasteiger partial charge < -0.3 is 14.5 Å². The Labute approximate surface area is 165 Å². The maximum absolute atomic E-state index is 12.5. The van der Waals surface area contributed by atoms with Crippen molar-refractivity contribution in [2.45, 2.75) is 52.5 Å². The molecule has 1 aliphatic rings. The summed E-state index contributed by atoms with van der Waals surface area (Å²) in [6.07, 6.45) is 2.98. The van der Waals surface area contributed by atoms with Crippen molar-refractivity contribution in [1.29, 1.82) is 0 Å². The second kappa shape index (κ2) is 8.78. The quantitative estimate of drug-likeness (QED) is 0.741. The Morgan fingerprint density at radius 2 is 2.11 bits per heavy atom. The number of likely N-dealkylation sites (tertiary alicyclic amines) is 1. The Morgan fingerprint density at radius 1 is 1.32 bits per heavy atom. The number of amides is 1. The molecule has 0 aliphatic carbocycles. The summed E-state index contributed by atoms with van der Waals surface area (Å²) in [4.78, 5) is 27.2. The zero-order valence-electron chi connectivity index (χ0n) is 17.3. The van der Waals surface area contributed by atoms with Crippen LogP contribution in [0.3, 0.4) is 0 Å². The molecule has 0 spiro atoms. The molecule has 1 amide bonds. The minimum atomic E-state index is -0.373. The number of benzene rings is 1. The van der Waals surface area contributed by atoms with Crippen LogP contribution < -0.4 is 15.7 Å². The molecule has 1 unspecified atom stereocenters. The van der Waals surface area contributed by atoms with Crippen LogP contribution in [0.4, 0.5) is 0 Å². The van der Waals surface area contributed by atoms with E-state index < -0.39 is 0 Å². The number of ether oxygens (including phenoxy) is 1. The second-order valence-electron chi connectivity index (χ2n) is 7.49. The minimum absolute atomic E-state index is 0.0206. The molecule has 0 radical (unpaired) electrons. The number of rotatable bonds is 7. The molecule has 2 aromatic rings. The number of hydrogen-bond acceptors (Lipinski definition) is 5. The van der Waals surface area contributed by atoms with Crippen LogP contribution in [0.1, 0.15) is 42.9 Å². The maximum Gasteiger partial charge on any atom is 0.339 e. The van der Waals surface area contributed by atoms with Gasteiger partial charge in [-0.1, -0.05) is 6.92 Å². The van der Waals surface area contributed by atoms with Crippen molar-refractivity contribution >= 4 is 16.9 Å². The molecule has 0 bridgehead atoms. The van der Waals surface area contributed by atoms with Gasteiger partial charge in [0.1, 0.15) is 11.3 Å². The van der Waals surface area contributed by atoms with E-state index in [1.54, 1.807) is 7.11 Å². The average molecular weight is 386 g/mol. The van der Waals surface area contributed by atoms with Crippen LogP contribution in [0.25, 0.3) is 11.0 Å². The molecule has 6 nitrogen and oxygen atoms in total. The van der Waals surface area contributed by atoms with E-state index in [-0.39, 0.29) is 18.0 Å². The third-order valence-corrected chi connectivity index (χ3v) is 5.92. The lowest BCUT2D eigenvalue weighted by molar-refractivity contribution is -0.121. The number of nitrogens with zero attached hydrogens (tertiary/aromatic N) is 1. The van der Waals surface area contributed by atoms with Gasteiger partial charge in [0.05, 0.1) is 7.11 Å². The molecule has 3 rings (SSSR count). The average Bonchev–Trinajstić information content (AvgIpc) is 3.14. The van der Waals surface area contributed by atoms with E-state index in [9.17, 15) is 9.59 Å². The molecule has 1 N–H and O–H groups in total. The van der Waals surface area contributed by atoms with Gasteiger partial charge in [0.15, 0.2) is 0 Å². The van der Waals surface area contributed by atoms with E-state index in [1.807, 2.05) is 26.0 Å². The van der Waals surface area contributed by atoms with Crippen LogP contribution in [0.15, 0.2) is 21.3 Å². The Morgan fingerprint density at radius 3 is 2.82 bits per heavy atom. The summed E-state index contributed by atoms with van der Waals surface area (Å²) in [6, 6.07) is 4.21. The summed E-state index contributed by atoms with van der Waals surface area (Å²) in [5.41, 5.74) is 2.43. The summed E-state index contributed by atoms with van der Waals surface area (Å²) in [5.74, 6) is 0.669. The zero-order valence-corrected chi connectivity index (χ0v) is 17.3. The molecule has 0 saturated carbocycles. The highest BCUT2D eigenvalue weighted by molar-refractivity contribution is 5.85. The molecule has 1 aromatic carbocycles. The van der Waals surface area contributed by atoms with Crippen LogP contribution in [0.5, 0.6) is 5.75 Å². The molecule has 28 heavy (non-hydrogen) atoms. The van der Waals surface area contributed by atoms with E-state index >= 15 is 0 Å². The molecular weight excluding hydrogens is 356 g/mol. The van der Waals surface area contributed by atoms with Crippen molar-refractivity contribution in [3.8, 4) is 5.75 Å². The number of carbonyl (C=O) groups excluding carboxylic acids is 1. The van der Waals surface area contributed by atoms with Gasteiger partial charge in [-0.2, -0.15) is 0 Å². The molecule has 2 heterocycles. The van der Waals surface area contributed by atoms with Crippen LogP contribution in [-0.4, -0.2) is 43.6 Å². The molecule has 1 saturated heterocycles. The maximum atomic E-state index is 12.5. The number of carbonyl (C=O) groups is 1. The minimum Gasteiger partial charge on any atom is -0.496 e. The molecule has 1 fully saturated rings. The lowest BCUT2D eigenvalue weighted by Gasteiger charge is -2.22. The van der Waals surface area contributed by atoms with E-state index in [4.69, 9.17) is 9.15 Å². The monoisotopic (exact) mass is 386 g/mol. The first kappa shape index (κ1) is 20.4. The number of aryl methyl sites for hydroxylation is 2. The van der Waals surface area contributed by atoms with Crippen LogP contribution in [0, 0.1) is 13.8 Å². The molecule has 1 aromatic heterocycles. The van der Waals surface area contributed by atoms with E-state index in [0.29, 0.717) is 35.9 Å². The summed E-state index contributed by atoms with van der Waals surface area (Å²) in [5, 5.41) is 3.92. The summed E-state index contributed by atoms with van der Waals surface area (Å²) in [7, 11) is 1.59. The first-order chi connectivity index (χ1) is 13.5. The third-order valence-electron chi connectivity index (χ3n) is 5.92. The summed E-state index contributed by atoms with van der Waals surface area (Å²) < 4.78 is 10.9. The number of fused-ring (bicyclic) bond motifs is 1. The first-order valence-corrected chi connectivity index (χ1v) is 10.1. The standard InChI is InChI=1S/C22H30N2O4/c1-5-24-12-6-7-16(24)13-23-20(25)11-9-18-14(2)17-8-10-19(27-4)15(3)21(17)28-22(18)26/h8,10,16H,5-7,9,11-13H2,1-4H3,(H,23,25). The Bertz CT molecular complexity index is 919. The molecule has 6 heteroatoms. The lowest BCUT2D eigenvalue weighted by Crippen LogP contribution is -2.40. The van der Waals surface area contributed by atoms with Crippen molar-refractivity contribution in [3.63, 3.8) is 0 Å². The lowest BCUT2D eigenvalue weighted by atomic mass is 10.00. The van der Waals surface area contributed by atoms with Crippen LogP contribution in [0.2, 0.25) is 0 Å². The van der Waals surface area contributed by atoms with Crippen molar-refractivity contribution in [3.05, 3.63) is 39.2 Å². The molecular formula is C22H30N2O4. The van der Waals surface area contributed by atoms with E-state index in [2.05, 4.69) is 17.1 Å². The summed E-state index contributed by atoms with van der Waals surface area (Å²) >= 11 is 0. The Kier molecular flexibility index (Phi) is 6.39. The Balaban J connectivity index is 1.69. The van der Waals surface area contributed by atoms with Gasteiger partial charge in [-0.15, -0.1) is 0 Å².